The third-order valence-corrected chi connectivity index (χ3v) is 2.10. The Labute approximate surface area is 81.5 Å². The average Bonchev–Trinajstić information content (AvgIpc) is 2.03. The van der Waals surface area contributed by atoms with Crippen molar-refractivity contribution < 1.29 is 9.90 Å². The Morgan fingerprint density at radius 3 is 2.62 bits per heavy atom. The summed E-state index contributed by atoms with van der Waals surface area (Å²) in [7, 11) is 0. The van der Waals surface area contributed by atoms with Crippen LogP contribution in [0, 0.1) is 6.92 Å². The summed E-state index contributed by atoms with van der Waals surface area (Å²) >= 11 is 5.84. The van der Waals surface area contributed by atoms with Crippen molar-refractivity contribution in [3.63, 3.8) is 0 Å². The largest absolute Gasteiger partial charge is 0.478 e. The molecule has 0 saturated heterocycles. The van der Waals surface area contributed by atoms with Crippen LogP contribution < -0.4 is 0 Å². The van der Waals surface area contributed by atoms with Gasteiger partial charge >= 0.3 is 5.97 Å². The molecule has 0 heterocycles. The quantitative estimate of drug-likeness (QED) is 0.739. The summed E-state index contributed by atoms with van der Waals surface area (Å²) in [5.74, 6) is -1.05. The van der Waals surface area contributed by atoms with Crippen molar-refractivity contribution in [3.05, 3.63) is 40.9 Å². The maximum atomic E-state index is 10.6. The molecular formula is C10H9ClO2. The zero-order valence-corrected chi connectivity index (χ0v) is 7.93. The second-order valence-electron chi connectivity index (χ2n) is 2.72. The maximum absolute atomic E-state index is 10.6. The first-order valence-electron chi connectivity index (χ1n) is 3.71. The van der Waals surface area contributed by atoms with Crippen LogP contribution >= 0.6 is 11.6 Å². The molecule has 68 valence electrons. The Morgan fingerprint density at radius 2 is 2.15 bits per heavy atom. The molecule has 0 aliphatic rings. The lowest BCUT2D eigenvalue weighted by Crippen LogP contribution is -2.00. The molecule has 1 N–H and O–H groups in total. The predicted octanol–water partition coefficient (Wildman–Crippen LogP) is 2.75. The van der Waals surface area contributed by atoms with E-state index >= 15 is 0 Å². The number of hydrogen-bond donors (Lipinski definition) is 1. The van der Waals surface area contributed by atoms with Gasteiger partial charge in [-0.1, -0.05) is 30.3 Å². The van der Waals surface area contributed by atoms with Crippen molar-refractivity contribution in [1.82, 2.24) is 0 Å². The van der Waals surface area contributed by atoms with Gasteiger partial charge in [0.1, 0.15) is 0 Å². The molecule has 1 rings (SSSR count). The summed E-state index contributed by atoms with van der Waals surface area (Å²) in [4.78, 5) is 10.6. The van der Waals surface area contributed by atoms with Crippen LogP contribution in [-0.4, -0.2) is 11.1 Å². The number of carboxylic acid groups (broad SMARTS) is 1. The smallest absolute Gasteiger partial charge is 0.335 e. The predicted molar refractivity (Wildman–Crippen MR) is 52.9 cm³/mol. The summed E-state index contributed by atoms with van der Waals surface area (Å²) < 4.78 is 0. The highest BCUT2D eigenvalue weighted by Gasteiger charge is 2.12. The highest BCUT2D eigenvalue weighted by atomic mass is 35.5. The van der Waals surface area contributed by atoms with E-state index in [1.54, 1.807) is 25.1 Å². The van der Waals surface area contributed by atoms with E-state index in [0.29, 0.717) is 10.6 Å². The number of benzene rings is 1. The monoisotopic (exact) mass is 196 g/mol. The van der Waals surface area contributed by atoms with Gasteiger partial charge in [-0.2, -0.15) is 0 Å². The first kappa shape index (κ1) is 9.81. The van der Waals surface area contributed by atoms with Gasteiger partial charge in [0.15, 0.2) is 0 Å². The number of halogens is 1. The van der Waals surface area contributed by atoms with Crippen molar-refractivity contribution in [2.75, 3.05) is 0 Å². The molecule has 0 aliphatic heterocycles. The summed E-state index contributed by atoms with van der Waals surface area (Å²) in [6.45, 7) is 5.26. The van der Waals surface area contributed by atoms with Crippen molar-refractivity contribution in [1.29, 1.82) is 0 Å². The Bertz CT molecular complexity index is 349. The molecule has 1 aromatic rings. The van der Waals surface area contributed by atoms with Gasteiger partial charge in [0.05, 0.1) is 5.57 Å². The molecule has 0 aromatic heterocycles. The Morgan fingerprint density at radius 1 is 1.54 bits per heavy atom. The van der Waals surface area contributed by atoms with E-state index in [4.69, 9.17) is 16.7 Å². The van der Waals surface area contributed by atoms with Crippen molar-refractivity contribution >= 4 is 23.1 Å². The number of aryl methyl sites for hydroxylation is 1. The van der Waals surface area contributed by atoms with Crippen LogP contribution in [0.5, 0.6) is 0 Å². The number of carboxylic acids is 1. The number of aliphatic carboxylic acids is 1. The third-order valence-electron chi connectivity index (χ3n) is 1.78. The minimum absolute atomic E-state index is 0.0306. The SMILES string of the molecule is C=C(C(=O)O)c1c(C)cccc1Cl. The van der Waals surface area contributed by atoms with E-state index in [0.717, 1.165) is 5.56 Å². The third kappa shape index (κ3) is 1.90. The van der Waals surface area contributed by atoms with Gasteiger partial charge in [0.2, 0.25) is 0 Å². The number of rotatable bonds is 2. The van der Waals surface area contributed by atoms with E-state index in [2.05, 4.69) is 6.58 Å². The summed E-state index contributed by atoms with van der Waals surface area (Å²) in [5, 5.41) is 9.15. The standard InChI is InChI=1S/C10H9ClO2/c1-6-4-3-5-8(11)9(6)7(2)10(12)13/h3-5H,2H2,1H3,(H,12,13). The fourth-order valence-corrected chi connectivity index (χ4v) is 1.46. The molecule has 0 fully saturated rings. The van der Waals surface area contributed by atoms with Crippen LogP contribution in [0.25, 0.3) is 5.57 Å². The second kappa shape index (κ2) is 3.62. The van der Waals surface area contributed by atoms with E-state index in [1.165, 1.54) is 0 Å². The molecule has 0 atom stereocenters. The van der Waals surface area contributed by atoms with Crippen molar-refractivity contribution in [3.8, 4) is 0 Å². The van der Waals surface area contributed by atoms with E-state index in [9.17, 15) is 4.79 Å². The van der Waals surface area contributed by atoms with Gasteiger partial charge in [-0.15, -0.1) is 0 Å². The van der Waals surface area contributed by atoms with E-state index in [-0.39, 0.29) is 5.57 Å². The van der Waals surface area contributed by atoms with Gasteiger partial charge < -0.3 is 5.11 Å². The van der Waals surface area contributed by atoms with Crippen LogP contribution in [0.15, 0.2) is 24.8 Å². The van der Waals surface area contributed by atoms with Crippen LogP contribution in [0.3, 0.4) is 0 Å². The molecule has 13 heavy (non-hydrogen) atoms. The topological polar surface area (TPSA) is 37.3 Å². The van der Waals surface area contributed by atoms with E-state index < -0.39 is 5.97 Å². The summed E-state index contributed by atoms with van der Waals surface area (Å²) in [6, 6.07) is 5.23. The van der Waals surface area contributed by atoms with Gasteiger partial charge in [0.25, 0.3) is 0 Å². The zero-order chi connectivity index (χ0) is 10.0. The molecule has 0 amide bonds. The molecular weight excluding hydrogens is 188 g/mol. The van der Waals surface area contributed by atoms with Crippen LogP contribution in [0.1, 0.15) is 11.1 Å². The van der Waals surface area contributed by atoms with Crippen molar-refractivity contribution in [2.24, 2.45) is 0 Å². The Balaban J connectivity index is 3.28. The molecule has 0 aliphatic carbocycles. The van der Waals surface area contributed by atoms with Gasteiger partial charge in [-0.05, 0) is 18.6 Å². The highest BCUT2D eigenvalue weighted by molar-refractivity contribution is 6.34. The minimum Gasteiger partial charge on any atom is -0.478 e. The Kier molecular flexibility index (Phi) is 2.73. The molecule has 0 spiro atoms. The fraction of sp³-hybridized carbons (Fsp3) is 0.100. The van der Waals surface area contributed by atoms with Gasteiger partial charge in [-0.3, -0.25) is 0 Å². The normalized spacial score (nSPS) is 9.69. The van der Waals surface area contributed by atoms with Crippen molar-refractivity contribution in [2.45, 2.75) is 6.92 Å². The average molecular weight is 197 g/mol. The fourth-order valence-electron chi connectivity index (χ4n) is 1.12. The lowest BCUT2D eigenvalue weighted by Gasteiger charge is -2.06. The lowest BCUT2D eigenvalue weighted by molar-refractivity contribution is -0.130. The summed E-state index contributed by atoms with van der Waals surface area (Å²) in [6.07, 6.45) is 0. The first-order chi connectivity index (χ1) is 6.04. The molecule has 3 heteroatoms. The summed E-state index contributed by atoms with van der Waals surface area (Å²) in [5.41, 5.74) is 1.36. The molecule has 1 aromatic carbocycles. The van der Waals surface area contributed by atoms with Crippen LogP contribution in [-0.2, 0) is 4.79 Å². The highest BCUT2D eigenvalue weighted by Crippen LogP contribution is 2.25. The number of hydrogen-bond acceptors (Lipinski definition) is 1. The van der Waals surface area contributed by atoms with E-state index in [1.807, 2.05) is 0 Å². The lowest BCUT2D eigenvalue weighted by atomic mass is 10.0. The van der Waals surface area contributed by atoms with Gasteiger partial charge in [-0.25, -0.2) is 4.79 Å². The molecule has 0 bridgehead atoms. The number of carbonyl (C=O) groups is 1. The second-order valence-corrected chi connectivity index (χ2v) is 3.12. The first-order valence-corrected chi connectivity index (χ1v) is 4.09. The minimum atomic E-state index is -1.05. The van der Waals surface area contributed by atoms with Crippen LogP contribution in [0.4, 0.5) is 0 Å². The molecule has 2 nitrogen and oxygen atoms in total. The maximum Gasteiger partial charge on any atom is 0.335 e. The molecule has 0 radical (unpaired) electrons. The molecule has 0 unspecified atom stereocenters. The Hall–Kier alpha value is -1.28. The van der Waals surface area contributed by atoms with Crippen LogP contribution in [0.2, 0.25) is 5.02 Å². The zero-order valence-electron chi connectivity index (χ0n) is 7.17. The van der Waals surface area contributed by atoms with Gasteiger partial charge in [0, 0.05) is 10.6 Å². The molecule has 0 saturated carbocycles.